The maximum Gasteiger partial charge on any atom is 0.227 e. The van der Waals surface area contributed by atoms with Gasteiger partial charge < -0.3 is 10.3 Å². The van der Waals surface area contributed by atoms with E-state index in [9.17, 15) is 4.79 Å². The molecule has 1 atom stereocenters. The second-order valence-corrected chi connectivity index (χ2v) is 5.90. The van der Waals surface area contributed by atoms with Crippen molar-refractivity contribution >= 4 is 17.2 Å². The number of rotatable bonds is 4. The van der Waals surface area contributed by atoms with Gasteiger partial charge in [-0.05, 0) is 44.5 Å². The highest BCUT2D eigenvalue weighted by Gasteiger charge is 2.13. The van der Waals surface area contributed by atoms with Crippen molar-refractivity contribution in [3.05, 3.63) is 35.5 Å². The molecule has 2 heterocycles. The standard InChI is InChI=1S/C17H21N5O/c1-5-10(2)17(23)18-14-8-6-13(7-9-14)15-19-16-11(3)12(4)20-22(16)21-15/h6-10H,5H2,1-4H3,(H,18,23)(H,19,21). The molecule has 0 saturated heterocycles. The Hall–Kier alpha value is -2.63. The SMILES string of the molecule is CCC(C)C(=O)Nc1ccc(-c2nn3nc(C)c(C)c3[nH]2)cc1. The molecule has 0 aliphatic heterocycles. The fraction of sp³-hybridized carbons (Fsp3) is 0.353. The van der Waals surface area contributed by atoms with Crippen LogP contribution in [0.3, 0.4) is 0 Å². The second kappa shape index (κ2) is 5.87. The number of benzene rings is 1. The van der Waals surface area contributed by atoms with Gasteiger partial charge in [-0.1, -0.05) is 13.8 Å². The Kier molecular flexibility index (Phi) is 3.90. The smallest absolute Gasteiger partial charge is 0.227 e. The van der Waals surface area contributed by atoms with E-state index in [0.29, 0.717) is 0 Å². The molecular formula is C17H21N5O. The minimum Gasteiger partial charge on any atom is -0.326 e. The first-order valence-corrected chi connectivity index (χ1v) is 7.83. The van der Waals surface area contributed by atoms with Crippen LogP contribution < -0.4 is 5.32 Å². The molecule has 0 aliphatic carbocycles. The molecule has 6 nitrogen and oxygen atoms in total. The van der Waals surface area contributed by atoms with E-state index in [1.54, 1.807) is 4.63 Å². The minimum absolute atomic E-state index is 0.0127. The number of aromatic amines is 1. The van der Waals surface area contributed by atoms with Crippen LogP contribution >= 0.6 is 0 Å². The molecule has 1 unspecified atom stereocenters. The lowest BCUT2D eigenvalue weighted by Crippen LogP contribution is -2.19. The number of hydrogen-bond acceptors (Lipinski definition) is 3. The predicted molar refractivity (Wildman–Crippen MR) is 90.3 cm³/mol. The van der Waals surface area contributed by atoms with Gasteiger partial charge in [-0.25, -0.2) is 0 Å². The van der Waals surface area contributed by atoms with E-state index in [1.165, 1.54) is 0 Å². The van der Waals surface area contributed by atoms with Crippen LogP contribution in [0.5, 0.6) is 0 Å². The van der Waals surface area contributed by atoms with Gasteiger partial charge in [0.15, 0.2) is 11.5 Å². The highest BCUT2D eigenvalue weighted by Crippen LogP contribution is 2.21. The van der Waals surface area contributed by atoms with Crippen molar-refractivity contribution in [3.8, 4) is 11.4 Å². The van der Waals surface area contributed by atoms with Crippen molar-refractivity contribution in [1.29, 1.82) is 0 Å². The first kappa shape index (κ1) is 15.3. The fourth-order valence-electron chi connectivity index (χ4n) is 2.33. The van der Waals surface area contributed by atoms with E-state index in [0.717, 1.165) is 40.4 Å². The van der Waals surface area contributed by atoms with Crippen LogP contribution in [0.4, 0.5) is 5.69 Å². The molecule has 1 amide bonds. The molecule has 0 saturated carbocycles. The molecular weight excluding hydrogens is 290 g/mol. The van der Waals surface area contributed by atoms with Crippen LogP contribution in [0.2, 0.25) is 0 Å². The molecule has 2 aromatic heterocycles. The molecule has 0 radical (unpaired) electrons. The van der Waals surface area contributed by atoms with Crippen LogP contribution in [0.15, 0.2) is 24.3 Å². The van der Waals surface area contributed by atoms with E-state index in [1.807, 2.05) is 52.0 Å². The number of nitrogens with one attached hydrogen (secondary N) is 2. The highest BCUT2D eigenvalue weighted by molar-refractivity contribution is 5.92. The number of carbonyl (C=O) groups is 1. The fourth-order valence-corrected chi connectivity index (χ4v) is 2.33. The molecule has 0 bridgehead atoms. The lowest BCUT2D eigenvalue weighted by atomic mass is 10.1. The zero-order valence-electron chi connectivity index (χ0n) is 13.8. The number of hydrogen-bond donors (Lipinski definition) is 2. The second-order valence-electron chi connectivity index (χ2n) is 5.90. The maximum absolute atomic E-state index is 11.9. The summed E-state index contributed by atoms with van der Waals surface area (Å²) in [5, 5.41) is 11.7. The average molecular weight is 311 g/mol. The van der Waals surface area contributed by atoms with Gasteiger partial charge in [0.25, 0.3) is 0 Å². The third kappa shape index (κ3) is 2.84. The first-order valence-electron chi connectivity index (χ1n) is 7.83. The van der Waals surface area contributed by atoms with Gasteiger partial charge in [-0.15, -0.1) is 9.73 Å². The van der Waals surface area contributed by atoms with Gasteiger partial charge in [0.1, 0.15) is 0 Å². The number of fused-ring (bicyclic) bond motifs is 1. The van der Waals surface area contributed by atoms with Gasteiger partial charge in [0, 0.05) is 22.7 Å². The van der Waals surface area contributed by atoms with Crippen LogP contribution in [0.25, 0.3) is 17.0 Å². The van der Waals surface area contributed by atoms with Gasteiger partial charge in [-0.2, -0.15) is 5.10 Å². The van der Waals surface area contributed by atoms with Crippen molar-refractivity contribution in [2.45, 2.75) is 34.1 Å². The average Bonchev–Trinajstić information content (AvgIpc) is 3.07. The Morgan fingerprint density at radius 1 is 1.26 bits per heavy atom. The van der Waals surface area contributed by atoms with E-state index in [4.69, 9.17) is 0 Å². The Bertz CT molecular complexity index is 844. The maximum atomic E-state index is 11.9. The Labute approximate surface area is 134 Å². The molecule has 3 aromatic rings. The largest absolute Gasteiger partial charge is 0.326 e. The number of aromatic nitrogens is 4. The third-order valence-corrected chi connectivity index (χ3v) is 4.26. The summed E-state index contributed by atoms with van der Waals surface area (Å²) in [6.45, 7) is 7.91. The Morgan fingerprint density at radius 2 is 1.96 bits per heavy atom. The number of amides is 1. The summed E-state index contributed by atoms with van der Waals surface area (Å²) in [7, 11) is 0. The zero-order chi connectivity index (χ0) is 16.6. The molecule has 120 valence electrons. The summed E-state index contributed by atoms with van der Waals surface area (Å²) in [4.78, 5) is 15.2. The summed E-state index contributed by atoms with van der Waals surface area (Å²) < 4.78 is 1.62. The Morgan fingerprint density at radius 3 is 2.57 bits per heavy atom. The summed E-state index contributed by atoms with van der Waals surface area (Å²) in [5.74, 6) is 0.817. The molecule has 0 aliphatic rings. The molecule has 0 fully saturated rings. The topological polar surface area (TPSA) is 75.1 Å². The molecule has 1 aromatic carbocycles. The van der Waals surface area contributed by atoms with Crippen LogP contribution in [-0.4, -0.2) is 25.7 Å². The zero-order valence-corrected chi connectivity index (χ0v) is 13.8. The molecule has 3 rings (SSSR count). The number of carbonyl (C=O) groups excluding carboxylic acids is 1. The summed E-state index contributed by atoms with van der Waals surface area (Å²) in [6, 6.07) is 7.65. The van der Waals surface area contributed by atoms with Crippen molar-refractivity contribution in [2.24, 2.45) is 5.92 Å². The van der Waals surface area contributed by atoms with Gasteiger partial charge >= 0.3 is 0 Å². The normalized spacial score (nSPS) is 12.5. The summed E-state index contributed by atoms with van der Waals surface area (Å²) in [5.41, 5.74) is 4.72. The van der Waals surface area contributed by atoms with Gasteiger partial charge in [-0.3, -0.25) is 4.79 Å². The molecule has 2 N–H and O–H groups in total. The monoisotopic (exact) mass is 311 g/mol. The predicted octanol–water partition coefficient (Wildman–Crippen LogP) is 3.33. The molecule has 6 heteroatoms. The number of nitrogens with zero attached hydrogens (tertiary/aromatic N) is 3. The number of H-pyrrole nitrogens is 1. The number of aryl methyl sites for hydroxylation is 2. The van der Waals surface area contributed by atoms with E-state index in [-0.39, 0.29) is 11.8 Å². The van der Waals surface area contributed by atoms with E-state index >= 15 is 0 Å². The number of anilines is 1. The lowest BCUT2D eigenvalue weighted by Gasteiger charge is -2.10. The summed E-state index contributed by atoms with van der Waals surface area (Å²) in [6.07, 6.45) is 0.828. The highest BCUT2D eigenvalue weighted by atomic mass is 16.1. The van der Waals surface area contributed by atoms with Crippen LogP contribution in [-0.2, 0) is 4.79 Å². The van der Waals surface area contributed by atoms with Crippen molar-refractivity contribution < 1.29 is 4.79 Å². The van der Waals surface area contributed by atoms with Crippen molar-refractivity contribution in [3.63, 3.8) is 0 Å². The van der Waals surface area contributed by atoms with E-state index in [2.05, 4.69) is 20.5 Å². The molecule has 23 heavy (non-hydrogen) atoms. The first-order chi connectivity index (χ1) is 11.0. The van der Waals surface area contributed by atoms with E-state index < -0.39 is 0 Å². The summed E-state index contributed by atoms with van der Waals surface area (Å²) >= 11 is 0. The molecule has 0 spiro atoms. The van der Waals surface area contributed by atoms with Gasteiger partial charge in [0.2, 0.25) is 5.91 Å². The van der Waals surface area contributed by atoms with Gasteiger partial charge in [0.05, 0.1) is 5.69 Å². The van der Waals surface area contributed by atoms with Crippen molar-refractivity contribution in [1.82, 2.24) is 19.8 Å². The van der Waals surface area contributed by atoms with Crippen LogP contribution in [0.1, 0.15) is 31.5 Å². The minimum atomic E-state index is 0.0127. The Balaban J connectivity index is 1.82. The van der Waals surface area contributed by atoms with Crippen LogP contribution in [0, 0.1) is 19.8 Å². The lowest BCUT2D eigenvalue weighted by molar-refractivity contribution is -0.119. The third-order valence-electron chi connectivity index (χ3n) is 4.26. The quantitative estimate of drug-likeness (QED) is 0.776. The van der Waals surface area contributed by atoms with Crippen molar-refractivity contribution in [2.75, 3.05) is 5.32 Å².